The van der Waals surface area contributed by atoms with Crippen molar-refractivity contribution in [1.29, 1.82) is 0 Å². The zero-order valence-electron chi connectivity index (χ0n) is 24.2. The van der Waals surface area contributed by atoms with Crippen molar-refractivity contribution >= 4 is 29.3 Å². The molecule has 1 heteroatoms. The summed E-state index contributed by atoms with van der Waals surface area (Å²) < 4.78 is 0. The van der Waals surface area contributed by atoms with E-state index in [4.69, 9.17) is 0 Å². The summed E-state index contributed by atoms with van der Waals surface area (Å²) in [6.07, 6.45) is 11.6. The van der Waals surface area contributed by atoms with E-state index in [1.54, 1.807) is 5.57 Å². The minimum atomic E-state index is -2.34. The van der Waals surface area contributed by atoms with E-state index in [2.05, 4.69) is 139 Å². The van der Waals surface area contributed by atoms with Gasteiger partial charge in [-0.05, 0) is 0 Å². The Balaban J connectivity index is 2.22. The predicted molar refractivity (Wildman–Crippen MR) is 172 cm³/mol. The first-order valence-corrected chi connectivity index (χ1v) is 16.4. The van der Waals surface area contributed by atoms with E-state index < -0.39 is 7.26 Å². The van der Waals surface area contributed by atoms with Gasteiger partial charge in [0.05, 0.1) is 0 Å². The fourth-order valence-electron chi connectivity index (χ4n) is 5.29. The Bertz CT molecular complexity index is 1090. The molecule has 0 saturated heterocycles. The number of rotatable bonds is 13. The predicted octanol–water partition coefficient (Wildman–Crippen LogP) is 9.32. The van der Waals surface area contributed by atoms with Crippen LogP contribution < -0.4 is 15.9 Å². The van der Waals surface area contributed by atoms with Gasteiger partial charge >= 0.3 is 229 Å². The van der Waals surface area contributed by atoms with Gasteiger partial charge < -0.3 is 0 Å². The molecule has 0 unspecified atom stereocenters. The van der Waals surface area contributed by atoms with Crippen LogP contribution in [0.15, 0.2) is 103 Å². The summed E-state index contributed by atoms with van der Waals surface area (Å²) in [4.78, 5) is 0. The van der Waals surface area contributed by atoms with Gasteiger partial charge in [0, 0.05) is 0 Å². The summed E-state index contributed by atoms with van der Waals surface area (Å²) in [5.74, 6) is 0. The number of allylic oxidation sites excluding steroid dienone is 2. The van der Waals surface area contributed by atoms with Gasteiger partial charge in [0.1, 0.15) is 0 Å². The molecule has 0 spiro atoms. The summed E-state index contributed by atoms with van der Waals surface area (Å²) >= 11 is 0. The first kappa shape index (κ1) is 29.1. The molecular formula is C36H49P. The average molecular weight is 513 g/mol. The molecule has 0 bridgehead atoms. The van der Waals surface area contributed by atoms with E-state index in [1.165, 1.54) is 40.7 Å². The van der Waals surface area contributed by atoms with Gasteiger partial charge in [0.2, 0.25) is 0 Å². The van der Waals surface area contributed by atoms with E-state index in [-0.39, 0.29) is 5.41 Å². The summed E-state index contributed by atoms with van der Waals surface area (Å²) in [5, 5.41) is 4.45. The van der Waals surface area contributed by atoms with Crippen molar-refractivity contribution in [2.75, 3.05) is 6.16 Å². The van der Waals surface area contributed by atoms with Crippen molar-refractivity contribution in [1.82, 2.24) is 0 Å². The van der Waals surface area contributed by atoms with Gasteiger partial charge in [-0.1, -0.05) is 0 Å². The number of benzene rings is 3. The van der Waals surface area contributed by atoms with Crippen LogP contribution in [0.3, 0.4) is 0 Å². The van der Waals surface area contributed by atoms with Crippen molar-refractivity contribution < 1.29 is 0 Å². The van der Waals surface area contributed by atoms with Crippen LogP contribution in [-0.4, -0.2) is 6.16 Å². The summed E-state index contributed by atoms with van der Waals surface area (Å²) in [6.45, 7) is 18.3. The molecule has 0 aliphatic rings. The fraction of sp³-hybridized carbons (Fsp3) is 0.389. The molecule has 198 valence electrons. The molecule has 0 aliphatic heterocycles. The average Bonchev–Trinajstić information content (AvgIpc) is 2.92. The Kier molecular flexibility index (Phi) is 10.1. The Morgan fingerprint density at radius 1 is 0.703 bits per heavy atom. The SMILES string of the molecule is C=Cc1ccc([PH](C/C(=C\CCC(C)(C)CC)CC(C)(C)CC)(c2ccccc2)c2ccccc2)cc1. The quantitative estimate of drug-likeness (QED) is 0.158. The Hall–Kier alpha value is -2.43. The van der Waals surface area contributed by atoms with Crippen LogP contribution in [0.25, 0.3) is 6.08 Å². The molecule has 0 N–H and O–H groups in total. The van der Waals surface area contributed by atoms with Crippen LogP contribution in [0, 0.1) is 10.8 Å². The molecule has 0 heterocycles. The second-order valence-corrected chi connectivity index (χ2v) is 16.1. The van der Waals surface area contributed by atoms with Crippen LogP contribution in [0.4, 0.5) is 0 Å². The van der Waals surface area contributed by atoms with E-state index in [0.29, 0.717) is 5.41 Å². The molecular weight excluding hydrogens is 463 g/mol. The third-order valence-electron chi connectivity index (χ3n) is 8.54. The molecule has 0 atom stereocenters. The molecule has 0 saturated carbocycles. The van der Waals surface area contributed by atoms with E-state index >= 15 is 0 Å². The molecule has 3 rings (SSSR count). The van der Waals surface area contributed by atoms with Gasteiger partial charge in [-0.2, -0.15) is 0 Å². The normalized spacial score (nSPS) is 13.4. The van der Waals surface area contributed by atoms with Crippen molar-refractivity contribution in [3.63, 3.8) is 0 Å². The molecule has 37 heavy (non-hydrogen) atoms. The van der Waals surface area contributed by atoms with Crippen molar-refractivity contribution in [2.24, 2.45) is 10.8 Å². The summed E-state index contributed by atoms with van der Waals surface area (Å²) in [7, 11) is -2.34. The van der Waals surface area contributed by atoms with Gasteiger partial charge in [-0.25, -0.2) is 0 Å². The first-order valence-electron chi connectivity index (χ1n) is 14.2. The van der Waals surface area contributed by atoms with Crippen molar-refractivity contribution in [3.05, 3.63) is 109 Å². The number of hydrogen-bond donors (Lipinski definition) is 0. The van der Waals surface area contributed by atoms with Gasteiger partial charge in [0.15, 0.2) is 0 Å². The van der Waals surface area contributed by atoms with Gasteiger partial charge in [-0.15, -0.1) is 0 Å². The van der Waals surface area contributed by atoms with Gasteiger partial charge in [-0.3, -0.25) is 0 Å². The van der Waals surface area contributed by atoms with Crippen LogP contribution >= 0.6 is 7.26 Å². The first-order chi connectivity index (χ1) is 17.7. The molecule has 0 fully saturated rings. The molecule has 0 nitrogen and oxygen atoms in total. The zero-order chi connectivity index (χ0) is 26.9. The third kappa shape index (κ3) is 7.55. The number of hydrogen-bond acceptors (Lipinski definition) is 0. The van der Waals surface area contributed by atoms with Crippen LogP contribution in [0.5, 0.6) is 0 Å². The monoisotopic (exact) mass is 512 g/mol. The maximum absolute atomic E-state index is 4.00. The van der Waals surface area contributed by atoms with Crippen molar-refractivity contribution in [2.45, 2.75) is 73.6 Å². The topological polar surface area (TPSA) is 0 Å². The zero-order valence-corrected chi connectivity index (χ0v) is 25.2. The molecule has 0 aromatic heterocycles. The summed E-state index contributed by atoms with van der Waals surface area (Å²) in [6, 6.07) is 32.0. The van der Waals surface area contributed by atoms with Crippen LogP contribution in [0.1, 0.15) is 79.2 Å². The van der Waals surface area contributed by atoms with Crippen LogP contribution in [0.2, 0.25) is 0 Å². The molecule has 0 amide bonds. The Labute approximate surface area is 228 Å². The minimum absolute atomic E-state index is 0.284. The second-order valence-electron chi connectivity index (χ2n) is 12.3. The standard InChI is InChI=1S/C36H49P/c1-8-30-23-25-34(26-24-30)37(32-19-13-11-14-20-32,33-21-15-12-16-22-33)29-31(28-36(6,7)10-3)18-17-27-35(4,5)9-2/h8,11-16,18-26,37H,1,9-10,17,27-29H2,2-7H3/b31-18-. The van der Waals surface area contributed by atoms with Gasteiger partial charge in [0.25, 0.3) is 0 Å². The molecule has 0 aliphatic carbocycles. The van der Waals surface area contributed by atoms with E-state index in [9.17, 15) is 0 Å². The van der Waals surface area contributed by atoms with E-state index in [1.807, 2.05) is 6.08 Å². The molecule has 0 radical (unpaired) electrons. The molecule has 3 aromatic rings. The van der Waals surface area contributed by atoms with Crippen LogP contribution in [-0.2, 0) is 0 Å². The van der Waals surface area contributed by atoms with E-state index in [0.717, 1.165) is 19.0 Å². The third-order valence-corrected chi connectivity index (χ3v) is 13.5. The second kappa shape index (κ2) is 12.9. The maximum atomic E-state index is 4.00. The fourth-order valence-corrected chi connectivity index (χ4v) is 10.1. The molecule has 3 aromatic carbocycles. The summed E-state index contributed by atoms with van der Waals surface area (Å²) in [5.41, 5.74) is 3.48. The Morgan fingerprint density at radius 3 is 1.65 bits per heavy atom. The van der Waals surface area contributed by atoms with Crippen molar-refractivity contribution in [3.8, 4) is 0 Å². The Morgan fingerprint density at radius 2 is 1.19 bits per heavy atom.